The van der Waals surface area contributed by atoms with Crippen LogP contribution in [0, 0.1) is 19.8 Å². The van der Waals surface area contributed by atoms with Gasteiger partial charge in [-0.25, -0.2) is 4.31 Å². The number of nitrogens with zero attached hydrogens (tertiary/aromatic N) is 3. The predicted molar refractivity (Wildman–Crippen MR) is 112 cm³/mol. The van der Waals surface area contributed by atoms with Crippen LogP contribution in [0.25, 0.3) is 0 Å². The summed E-state index contributed by atoms with van der Waals surface area (Å²) in [5.74, 6) is -0.718. The molecule has 1 aromatic rings. The number of esters is 1. The van der Waals surface area contributed by atoms with Crippen LogP contribution < -0.4 is 4.31 Å². The summed E-state index contributed by atoms with van der Waals surface area (Å²) in [6, 6.07) is 5.52. The van der Waals surface area contributed by atoms with Crippen molar-refractivity contribution in [1.82, 2.24) is 9.21 Å². The van der Waals surface area contributed by atoms with Crippen LogP contribution in [0.3, 0.4) is 0 Å². The number of hydrogen-bond acceptors (Lipinski definition) is 5. The summed E-state index contributed by atoms with van der Waals surface area (Å²) in [5, 5.41) is 0. The van der Waals surface area contributed by atoms with Crippen LogP contribution in [0.1, 0.15) is 30.9 Å². The average Bonchev–Trinajstić information content (AvgIpc) is 2.68. The largest absolute Gasteiger partial charge is 0.466 e. The smallest absolute Gasteiger partial charge is 0.309 e. The van der Waals surface area contributed by atoms with Gasteiger partial charge in [-0.1, -0.05) is 12.1 Å². The fraction of sp³-hybridized carbons (Fsp3) is 0.600. The molecule has 0 aromatic heterocycles. The predicted octanol–water partition coefficient (Wildman–Crippen LogP) is 1.72. The number of benzene rings is 1. The van der Waals surface area contributed by atoms with Gasteiger partial charge in [0.15, 0.2) is 0 Å². The zero-order chi connectivity index (χ0) is 21.8. The van der Waals surface area contributed by atoms with Crippen molar-refractivity contribution in [1.29, 1.82) is 0 Å². The molecule has 0 radical (unpaired) electrons. The highest BCUT2D eigenvalue weighted by Gasteiger charge is 2.33. The molecule has 2 rings (SSSR count). The molecule has 1 saturated heterocycles. The Morgan fingerprint density at radius 3 is 2.34 bits per heavy atom. The second kappa shape index (κ2) is 9.58. The van der Waals surface area contributed by atoms with Gasteiger partial charge in [0, 0.05) is 27.2 Å². The number of anilines is 1. The molecule has 0 saturated carbocycles. The van der Waals surface area contributed by atoms with E-state index in [4.69, 9.17) is 4.74 Å². The van der Waals surface area contributed by atoms with Gasteiger partial charge in [-0.05, 0) is 50.8 Å². The molecule has 1 aliphatic rings. The quantitative estimate of drug-likeness (QED) is 0.621. The van der Waals surface area contributed by atoms with Crippen molar-refractivity contribution >= 4 is 27.8 Å². The van der Waals surface area contributed by atoms with E-state index in [1.165, 1.54) is 14.1 Å². The Kier molecular flexibility index (Phi) is 7.65. The number of rotatable bonds is 7. The van der Waals surface area contributed by atoms with Gasteiger partial charge in [-0.2, -0.15) is 12.7 Å². The van der Waals surface area contributed by atoms with Crippen LogP contribution in [-0.4, -0.2) is 69.8 Å². The third-order valence-corrected chi connectivity index (χ3v) is 6.93. The molecule has 29 heavy (non-hydrogen) atoms. The molecule has 0 aliphatic carbocycles. The summed E-state index contributed by atoms with van der Waals surface area (Å²) >= 11 is 0. The van der Waals surface area contributed by atoms with Crippen molar-refractivity contribution in [2.24, 2.45) is 5.92 Å². The molecule has 1 heterocycles. The van der Waals surface area contributed by atoms with Gasteiger partial charge in [-0.15, -0.1) is 0 Å². The maximum absolute atomic E-state index is 12.9. The van der Waals surface area contributed by atoms with Crippen molar-refractivity contribution < 1.29 is 22.7 Å². The van der Waals surface area contributed by atoms with E-state index in [9.17, 15) is 18.0 Å². The number of carbonyl (C=O) groups excluding carboxylic acids is 2. The lowest BCUT2D eigenvalue weighted by Crippen LogP contribution is -2.49. The second-order valence-electron chi connectivity index (χ2n) is 7.49. The third kappa shape index (κ3) is 5.48. The van der Waals surface area contributed by atoms with Gasteiger partial charge in [-0.3, -0.25) is 9.59 Å². The van der Waals surface area contributed by atoms with Crippen molar-refractivity contribution in [3.63, 3.8) is 0 Å². The molecule has 0 bridgehead atoms. The van der Waals surface area contributed by atoms with E-state index in [1.54, 1.807) is 17.9 Å². The number of carbonyl (C=O) groups is 2. The standard InChI is InChI=1S/C20H31N3O5S/c1-6-28-20(25)17-9-11-22(12-10-17)19(24)14-23(29(26,27)21(4)5)18-13-15(2)7-8-16(18)3/h7-8,13,17H,6,9-12,14H2,1-5H3. The van der Waals surface area contributed by atoms with E-state index in [-0.39, 0.29) is 24.3 Å². The molecule has 0 unspecified atom stereocenters. The summed E-state index contributed by atoms with van der Waals surface area (Å²) < 4.78 is 33.2. The number of ether oxygens (including phenoxy) is 1. The SMILES string of the molecule is CCOC(=O)C1CCN(C(=O)CN(c2cc(C)ccc2C)S(=O)(=O)N(C)C)CC1. The summed E-state index contributed by atoms with van der Waals surface area (Å²) in [7, 11) is -0.957. The molecule has 0 spiro atoms. The third-order valence-electron chi connectivity index (χ3n) is 5.12. The monoisotopic (exact) mass is 425 g/mol. The number of piperidine rings is 1. The zero-order valence-electron chi connectivity index (χ0n) is 17.8. The molecule has 1 amide bonds. The molecular formula is C20H31N3O5S. The summed E-state index contributed by atoms with van der Waals surface area (Å²) in [6.07, 6.45) is 1.04. The van der Waals surface area contributed by atoms with Crippen LogP contribution in [0.4, 0.5) is 5.69 Å². The van der Waals surface area contributed by atoms with Crippen LogP contribution in [0.15, 0.2) is 18.2 Å². The lowest BCUT2D eigenvalue weighted by Gasteiger charge is -2.34. The highest BCUT2D eigenvalue weighted by atomic mass is 32.2. The second-order valence-corrected chi connectivity index (χ2v) is 9.56. The Hall–Kier alpha value is -2.13. The first-order valence-electron chi connectivity index (χ1n) is 9.79. The van der Waals surface area contributed by atoms with Crippen LogP contribution in [0.5, 0.6) is 0 Å². The average molecular weight is 426 g/mol. The van der Waals surface area contributed by atoms with E-state index in [0.717, 1.165) is 19.7 Å². The minimum Gasteiger partial charge on any atom is -0.466 e. The number of likely N-dealkylation sites (tertiary alicyclic amines) is 1. The molecule has 1 aromatic carbocycles. The normalized spacial score (nSPS) is 15.4. The summed E-state index contributed by atoms with van der Waals surface area (Å²) in [5.41, 5.74) is 2.18. The first-order valence-corrected chi connectivity index (χ1v) is 11.2. The first-order chi connectivity index (χ1) is 13.6. The van der Waals surface area contributed by atoms with Gasteiger partial charge in [0.2, 0.25) is 5.91 Å². The zero-order valence-corrected chi connectivity index (χ0v) is 18.7. The van der Waals surface area contributed by atoms with Gasteiger partial charge in [0.25, 0.3) is 0 Å². The van der Waals surface area contributed by atoms with Crippen LogP contribution in [-0.2, 0) is 24.5 Å². The molecule has 9 heteroatoms. The highest BCUT2D eigenvalue weighted by molar-refractivity contribution is 7.90. The minimum absolute atomic E-state index is 0.209. The Morgan fingerprint density at radius 1 is 1.17 bits per heavy atom. The Bertz CT molecular complexity index is 846. The van der Waals surface area contributed by atoms with E-state index in [2.05, 4.69) is 0 Å². The fourth-order valence-corrected chi connectivity index (χ4v) is 4.44. The molecule has 0 atom stereocenters. The Morgan fingerprint density at radius 2 is 1.79 bits per heavy atom. The topological polar surface area (TPSA) is 87.2 Å². The van der Waals surface area contributed by atoms with Crippen LogP contribution >= 0.6 is 0 Å². The molecule has 162 valence electrons. The van der Waals surface area contributed by atoms with Crippen molar-refractivity contribution in [3.8, 4) is 0 Å². The molecule has 0 N–H and O–H groups in total. The van der Waals surface area contributed by atoms with E-state index < -0.39 is 10.2 Å². The summed E-state index contributed by atoms with van der Waals surface area (Å²) in [4.78, 5) is 26.5. The minimum atomic E-state index is -3.85. The molecule has 8 nitrogen and oxygen atoms in total. The van der Waals surface area contributed by atoms with E-state index >= 15 is 0 Å². The molecule has 1 aliphatic heterocycles. The van der Waals surface area contributed by atoms with E-state index in [1.807, 2.05) is 26.0 Å². The Labute approximate surface area is 173 Å². The van der Waals surface area contributed by atoms with Gasteiger partial charge >= 0.3 is 16.2 Å². The number of amides is 1. The van der Waals surface area contributed by atoms with Gasteiger partial charge in [0.1, 0.15) is 6.54 Å². The maximum atomic E-state index is 12.9. The van der Waals surface area contributed by atoms with Crippen molar-refractivity contribution in [3.05, 3.63) is 29.3 Å². The lowest BCUT2D eigenvalue weighted by molar-refractivity contribution is -0.151. The fourth-order valence-electron chi connectivity index (χ4n) is 3.32. The van der Waals surface area contributed by atoms with E-state index in [0.29, 0.717) is 38.2 Å². The number of aryl methyl sites for hydroxylation is 2. The lowest BCUT2D eigenvalue weighted by atomic mass is 9.97. The molecule has 1 fully saturated rings. The van der Waals surface area contributed by atoms with Gasteiger partial charge < -0.3 is 9.64 Å². The highest BCUT2D eigenvalue weighted by Crippen LogP contribution is 2.26. The summed E-state index contributed by atoms with van der Waals surface area (Å²) in [6.45, 7) is 6.34. The molecular weight excluding hydrogens is 394 g/mol. The number of hydrogen-bond donors (Lipinski definition) is 0. The van der Waals surface area contributed by atoms with Gasteiger partial charge in [0.05, 0.1) is 18.2 Å². The first kappa shape index (κ1) is 23.2. The van der Waals surface area contributed by atoms with Crippen LogP contribution in [0.2, 0.25) is 0 Å². The maximum Gasteiger partial charge on any atom is 0.309 e. The van der Waals surface area contributed by atoms with Crippen molar-refractivity contribution in [2.75, 3.05) is 44.6 Å². The van der Waals surface area contributed by atoms with Crippen molar-refractivity contribution in [2.45, 2.75) is 33.6 Å². The Balaban J connectivity index is 2.19.